The monoisotopic (exact) mass is 461 g/mol. The van der Waals surface area contributed by atoms with Gasteiger partial charge in [-0.2, -0.15) is 4.68 Å². The first-order valence-corrected chi connectivity index (χ1v) is 11.5. The molecule has 4 heterocycles. The summed E-state index contributed by atoms with van der Waals surface area (Å²) >= 11 is 0. The quantitative estimate of drug-likeness (QED) is 0.426. The number of para-hydroxylation sites is 3. The van der Waals surface area contributed by atoms with Crippen molar-refractivity contribution in [3.05, 3.63) is 90.5 Å². The van der Waals surface area contributed by atoms with Crippen LogP contribution in [0.2, 0.25) is 0 Å². The van der Waals surface area contributed by atoms with E-state index >= 15 is 0 Å². The molecule has 8 heteroatoms. The standard InChI is InChI=1S/C27H19N5O3/c33-25-22-21-15-14-16-8-4-6-12-19(16)31(21)24(23(22)26(34)30(25)17-9-2-1-3-10-17)27(35)32-20-13-7-5-11-18(20)28-29-32/h1-15,21-24H/t21-,22-,23-,24+/m0/s1. The molecular formula is C27H19N5O3. The average molecular weight is 461 g/mol. The summed E-state index contributed by atoms with van der Waals surface area (Å²) in [5.41, 5.74) is 3.43. The molecule has 0 spiro atoms. The molecule has 170 valence electrons. The number of hydrogen-bond acceptors (Lipinski definition) is 6. The van der Waals surface area contributed by atoms with Crippen molar-refractivity contribution in [2.75, 3.05) is 9.80 Å². The highest BCUT2D eigenvalue weighted by Crippen LogP contribution is 2.49. The summed E-state index contributed by atoms with van der Waals surface area (Å²) in [6.07, 6.45) is 3.90. The van der Waals surface area contributed by atoms with E-state index in [1.807, 2.05) is 59.5 Å². The Hall–Kier alpha value is -4.59. The number of anilines is 2. The van der Waals surface area contributed by atoms with Crippen LogP contribution in [0.5, 0.6) is 0 Å². The summed E-state index contributed by atoms with van der Waals surface area (Å²) in [5, 5.41) is 8.27. The molecule has 4 atom stereocenters. The van der Waals surface area contributed by atoms with Crippen molar-refractivity contribution in [2.24, 2.45) is 11.8 Å². The predicted molar refractivity (Wildman–Crippen MR) is 130 cm³/mol. The maximum Gasteiger partial charge on any atom is 0.272 e. The highest BCUT2D eigenvalue weighted by Gasteiger charge is 2.64. The lowest BCUT2D eigenvalue weighted by Gasteiger charge is -2.36. The van der Waals surface area contributed by atoms with E-state index in [4.69, 9.17) is 0 Å². The Balaban J connectivity index is 1.41. The minimum absolute atomic E-state index is 0.288. The topological polar surface area (TPSA) is 88.4 Å². The molecular weight excluding hydrogens is 442 g/mol. The molecule has 0 bridgehead atoms. The van der Waals surface area contributed by atoms with Crippen LogP contribution in [-0.2, 0) is 9.59 Å². The zero-order valence-corrected chi connectivity index (χ0v) is 18.4. The fourth-order valence-corrected chi connectivity index (χ4v) is 5.79. The fraction of sp³-hybridized carbons (Fsp3) is 0.148. The van der Waals surface area contributed by atoms with Crippen LogP contribution in [-0.4, -0.2) is 44.8 Å². The van der Waals surface area contributed by atoms with Gasteiger partial charge in [0.05, 0.1) is 29.1 Å². The van der Waals surface area contributed by atoms with Crippen LogP contribution >= 0.6 is 0 Å². The van der Waals surface area contributed by atoms with E-state index < -0.39 is 23.9 Å². The number of hydrogen-bond donors (Lipinski definition) is 0. The van der Waals surface area contributed by atoms with Crippen molar-refractivity contribution < 1.29 is 14.4 Å². The molecule has 3 aliphatic rings. The molecule has 2 amide bonds. The van der Waals surface area contributed by atoms with Crippen LogP contribution < -0.4 is 9.80 Å². The molecule has 8 nitrogen and oxygen atoms in total. The third-order valence-electron chi connectivity index (χ3n) is 7.24. The van der Waals surface area contributed by atoms with Crippen molar-refractivity contribution in [3.63, 3.8) is 0 Å². The van der Waals surface area contributed by atoms with Gasteiger partial charge >= 0.3 is 0 Å². The molecule has 0 aliphatic carbocycles. The Labute approximate surface area is 200 Å². The van der Waals surface area contributed by atoms with Crippen LogP contribution in [0.4, 0.5) is 11.4 Å². The molecule has 2 saturated heterocycles. The number of fused-ring (bicyclic) bond motifs is 6. The van der Waals surface area contributed by atoms with Crippen LogP contribution in [0.25, 0.3) is 17.1 Å². The van der Waals surface area contributed by atoms with Gasteiger partial charge in [0.2, 0.25) is 11.8 Å². The van der Waals surface area contributed by atoms with Crippen molar-refractivity contribution >= 4 is 46.2 Å². The first-order valence-electron chi connectivity index (χ1n) is 11.5. The van der Waals surface area contributed by atoms with E-state index in [9.17, 15) is 14.4 Å². The average Bonchev–Trinajstić information content (AvgIpc) is 3.55. The molecule has 0 radical (unpaired) electrons. The highest BCUT2D eigenvalue weighted by molar-refractivity contribution is 6.25. The fourth-order valence-electron chi connectivity index (χ4n) is 5.79. The second-order valence-corrected chi connectivity index (χ2v) is 8.99. The molecule has 4 aromatic rings. The Morgan fingerprint density at radius 3 is 2.37 bits per heavy atom. The number of imide groups is 1. The van der Waals surface area contributed by atoms with Gasteiger partial charge in [0.25, 0.3) is 5.91 Å². The Kier molecular flexibility index (Phi) is 4.08. The summed E-state index contributed by atoms with van der Waals surface area (Å²) in [6, 6.07) is 22.5. The van der Waals surface area contributed by atoms with Crippen molar-refractivity contribution in [2.45, 2.75) is 12.1 Å². The lowest BCUT2D eigenvalue weighted by atomic mass is 9.88. The molecule has 0 saturated carbocycles. The van der Waals surface area contributed by atoms with E-state index in [0.29, 0.717) is 16.7 Å². The first kappa shape index (κ1) is 19.8. The zero-order valence-electron chi connectivity index (χ0n) is 18.4. The molecule has 0 unspecified atom stereocenters. The minimum atomic E-state index is -0.911. The number of carbonyl (C=O) groups is 3. The maximum absolute atomic E-state index is 14.1. The summed E-state index contributed by atoms with van der Waals surface area (Å²) in [4.78, 5) is 44.9. The first-order chi connectivity index (χ1) is 17.1. The summed E-state index contributed by atoms with van der Waals surface area (Å²) < 4.78 is 1.27. The Morgan fingerprint density at radius 2 is 1.51 bits per heavy atom. The second kappa shape index (κ2) is 7.20. The minimum Gasteiger partial charge on any atom is -0.351 e. The number of amides is 2. The number of nitrogens with zero attached hydrogens (tertiary/aromatic N) is 5. The SMILES string of the molecule is O=C1[C@@H]2[C@H](C(=O)N1c1ccccc1)[C@H](C(=O)n1nnc3ccccc31)N1c3ccccc3C=C[C@@H]21. The lowest BCUT2D eigenvalue weighted by molar-refractivity contribution is -0.122. The van der Waals surface area contributed by atoms with E-state index in [2.05, 4.69) is 10.3 Å². The molecule has 2 fully saturated rings. The smallest absolute Gasteiger partial charge is 0.272 e. The molecule has 3 aromatic carbocycles. The number of rotatable bonds is 2. The second-order valence-electron chi connectivity index (χ2n) is 8.99. The number of aromatic nitrogens is 3. The van der Waals surface area contributed by atoms with Crippen molar-refractivity contribution in [1.82, 2.24) is 15.0 Å². The van der Waals surface area contributed by atoms with Gasteiger partial charge in [-0.1, -0.05) is 65.9 Å². The van der Waals surface area contributed by atoms with Crippen LogP contribution in [0.15, 0.2) is 84.9 Å². The molecule has 3 aliphatic heterocycles. The lowest BCUT2D eigenvalue weighted by Crippen LogP contribution is -2.50. The number of carbonyl (C=O) groups excluding carboxylic acids is 3. The summed E-state index contributed by atoms with van der Waals surface area (Å²) in [6.45, 7) is 0. The molecule has 1 aromatic heterocycles. The number of benzene rings is 3. The molecule has 7 rings (SSSR count). The summed E-state index contributed by atoms with van der Waals surface area (Å²) in [7, 11) is 0. The van der Waals surface area contributed by atoms with Gasteiger partial charge in [-0.3, -0.25) is 14.4 Å². The largest absolute Gasteiger partial charge is 0.351 e. The van der Waals surface area contributed by atoms with Gasteiger partial charge in [-0.15, -0.1) is 5.10 Å². The zero-order chi connectivity index (χ0) is 23.7. The van der Waals surface area contributed by atoms with Crippen LogP contribution in [0.3, 0.4) is 0 Å². The molecule has 0 N–H and O–H groups in total. The van der Waals surface area contributed by atoms with Crippen LogP contribution in [0.1, 0.15) is 10.4 Å². The predicted octanol–water partition coefficient (Wildman–Crippen LogP) is 3.16. The Morgan fingerprint density at radius 1 is 0.800 bits per heavy atom. The van der Waals surface area contributed by atoms with Crippen molar-refractivity contribution in [3.8, 4) is 0 Å². The normalized spacial score (nSPS) is 24.6. The van der Waals surface area contributed by atoms with E-state index in [0.717, 1.165) is 11.3 Å². The van der Waals surface area contributed by atoms with E-state index in [-0.39, 0.29) is 17.7 Å². The highest BCUT2D eigenvalue weighted by atomic mass is 16.2. The summed E-state index contributed by atoms with van der Waals surface area (Å²) in [5.74, 6) is -2.56. The third kappa shape index (κ3) is 2.64. The van der Waals surface area contributed by atoms with Gasteiger partial charge in [0.1, 0.15) is 11.6 Å². The maximum atomic E-state index is 14.1. The van der Waals surface area contributed by atoms with Gasteiger partial charge in [0.15, 0.2) is 0 Å². The van der Waals surface area contributed by atoms with E-state index in [1.165, 1.54) is 9.58 Å². The Bertz CT molecular complexity index is 1560. The van der Waals surface area contributed by atoms with Gasteiger partial charge in [-0.25, -0.2) is 4.90 Å². The van der Waals surface area contributed by atoms with E-state index in [1.54, 1.807) is 36.4 Å². The van der Waals surface area contributed by atoms with Crippen molar-refractivity contribution in [1.29, 1.82) is 0 Å². The van der Waals surface area contributed by atoms with Crippen LogP contribution in [0, 0.1) is 11.8 Å². The third-order valence-corrected chi connectivity index (χ3v) is 7.24. The van der Waals surface area contributed by atoms with Gasteiger partial charge < -0.3 is 4.90 Å². The van der Waals surface area contributed by atoms with Gasteiger partial charge in [-0.05, 0) is 35.9 Å². The molecule has 35 heavy (non-hydrogen) atoms. The van der Waals surface area contributed by atoms with Gasteiger partial charge in [0, 0.05) is 5.69 Å².